The first-order valence-electron chi connectivity index (χ1n) is 6.90. The minimum Gasteiger partial charge on any atom is -0.481 e. The van der Waals surface area contributed by atoms with Crippen molar-refractivity contribution in [1.82, 2.24) is 10.6 Å². The van der Waals surface area contributed by atoms with Gasteiger partial charge < -0.3 is 15.7 Å². The molecule has 0 radical (unpaired) electrons. The lowest BCUT2D eigenvalue weighted by Crippen LogP contribution is -2.59. The summed E-state index contributed by atoms with van der Waals surface area (Å²) in [7, 11) is 0. The molecule has 20 heavy (non-hydrogen) atoms. The summed E-state index contributed by atoms with van der Waals surface area (Å²) >= 11 is 0. The highest BCUT2D eigenvalue weighted by atomic mass is 16.4. The van der Waals surface area contributed by atoms with Gasteiger partial charge >= 0.3 is 5.97 Å². The van der Waals surface area contributed by atoms with Crippen molar-refractivity contribution >= 4 is 17.8 Å². The largest absolute Gasteiger partial charge is 0.481 e. The molecular formula is C14H24N2O4. The lowest BCUT2D eigenvalue weighted by atomic mass is 9.74. The number of amides is 2. The van der Waals surface area contributed by atoms with Crippen LogP contribution in [0.4, 0.5) is 0 Å². The second-order valence-corrected chi connectivity index (χ2v) is 6.64. The Morgan fingerprint density at radius 2 is 1.80 bits per heavy atom. The molecule has 6 nitrogen and oxygen atoms in total. The summed E-state index contributed by atoms with van der Waals surface area (Å²) in [5.74, 6) is -1.46. The number of hydrogen-bond acceptors (Lipinski definition) is 3. The fourth-order valence-electron chi connectivity index (χ4n) is 2.09. The van der Waals surface area contributed by atoms with Crippen molar-refractivity contribution in [1.29, 1.82) is 0 Å². The molecule has 0 bridgehead atoms. The zero-order chi connectivity index (χ0) is 15.6. The Labute approximate surface area is 119 Å². The lowest BCUT2D eigenvalue weighted by molar-refractivity contribution is -0.141. The molecule has 1 unspecified atom stereocenters. The van der Waals surface area contributed by atoms with Gasteiger partial charge in [0.2, 0.25) is 11.8 Å². The van der Waals surface area contributed by atoms with E-state index in [2.05, 4.69) is 10.6 Å². The predicted molar refractivity (Wildman–Crippen MR) is 74.0 cm³/mol. The first-order valence-corrected chi connectivity index (χ1v) is 6.90. The number of hydrogen-bond donors (Lipinski definition) is 3. The molecule has 3 N–H and O–H groups in total. The number of nitrogens with one attached hydrogen (secondary N) is 2. The van der Waals surface area contributed by atoms with Crippen LogP contribution in [0.15, 0.2) is 0 Å². The Morgan fingerprint density at radius 1 is 1.25 bits per heavy atom. The third kappa shape index (κ3) is 4.21. The Kier molecular flexibility index (Phi) is 4.78. The van der Waals surface area contributed by atoms with E-state index < -0.39 is 23.0 Å². The highest BCUT2D eigenvalue weighted by Gasteiger charge is 2.41. The minimum atomic E-state index is -0.920. The zero-order valence-corrected chi connectivity index (χ0v) is 12.6. The standard InChI is InChI=1S/C14H24N2O4/c1-9(15-12(20)13(2,3)4)11(19)16-14(6-5-7-14)8-10(17)18/h9H,5-8H2,1-4H3,(H,15,20)(H,16,19)(H,17,18). The molecule has 0 aliphatic heterocycles. The average Bonchev–Trinajstić information content (AvgIpc) is 2.23. The van der Waals surface area contributed by atoms with Gasteiger partial charge in [-0.3, -0.25) is 14.4 Å². The first kappa shape index (κ1) is 16.5. The Morgan fingerprint density at radius 3 is 2.15 bits per heavy atom. The highest BCUT2D eigenvalue weighted by molar-refractivity contribution is 5.90. The smallest absolute Gasteiger partial charge is 0.305 e. The fourth-order valence-corrected chi connectivity index (χ4v) is 2.09. The van der Waals surface area contributed by atoms with Crippen LogP contribution in [-0.4, -0.2) is 34.5 Å². The van der Waals surface area contributed by atoms with E-state index in [1.165, 1.54) is 0 Å². The maximum Gasteiger partial charge on any atom is 0.305 e. The van der Waals surface area contributed by atoms with Gasteiger partial charge in [0.05, 0.1) is 12.0 Å². The van der Waals surface area contributed by atoms with Crippen LogP contribution in [0.1, 0.15) is 53.4 Å². The first-order chi connectivity index (χ1) is 9.06. The van der Waals surface area contributed by atoms with E-state index >= 15 is 0 Å². The van der Waals surface area contributed by atoms with Gasteiger partial charge in [0, 0.05) is 5.41 Å². The van der Waals surface area contributed by atoms with Crippen LogP contribution in [0.5, 0.6) is 0 Å². The number of carboxylic acid groups (broad SMARTS) is 1. The van der Waals surface area contributed by atoms with Crippen molar-refractivity contribution in [2.45, 2.75) is 65.0 Å². The van der Waals surface area contributed by atoms with Crippen molar-refractivity contribution in [3.63, 3.8) is 0 Å². The predicted octanol–water partition coefficient (Wildman–Crippen LogP) is 1.05. The van der Waals surface area contributed by atoms with E-state index in [4.69, 9.17) is 5.11 Å². The Bertz CT molecular complexity index is 408. The van der Waals surface area contributed by atoms with Crippen LogP contribution in [0.25, 0.3) is 0 Å². The monoisotopic (exact) mass is 284 g/mol. The molecule has 0 heterocycles. The highest BCUT2D eigenvalue weighted by Crippen LogP contribution is 2.34. The SMILES string of the molecule is CC(NC(=O)C(C)(C)C)C(=O)NC1(CC(=O)O)CCC1. The van der Waals surface area contributed by atoms with Crippen LogP contribution in [0, 0.1) is 5.41 Å². The van der Waals surface area contributed by atoms with Crippen LogP contribution in [-0.2, 0) is 14.4 Å². The molecule has 0 saturated heterocycles. The van der Waals surface area contributed by atoms with Crippen molar-refractivity contribution in [2.24, 2.45) is 5.41 Å². The molecule has 0 aromatic carbocycles. The summed E-state index contributed by atoms with van der Waals surface area (Å²) < 4.78 is 0. The average molecular weight is 284 g/mol. The summed E-state index contributed by atoms with van der Waals surface area (Å²) in [6.07, 6.45) is 2.19. The topological polar surface area (TPSA) is 95.5 Å². The van der Waals surface area contributed by atoms with Gasteiger partial charge in [-0.15, -0.1) is 0 Å². The Balaban J connectivity index is 2.57. The number of carboxylic acids is 1. The van der Waals surface area contributed by atoms with Crippen molar-refractivity contribution < 1.29 is 19.5 Å². The molecule has 0 spiro atoms. The van der Waals surface area contributed by atoms with Crippen LogP contribution >= 0.6 is 0 Å². The van der Waals surface area contributed by atoms with Crippen molar-refractivity contribution in [3.8, 4) is 0 Å². The van der Waals surface area contributed by atoms with Crippen molar-refractivity contribution in [2.75, 3.05) is 0 Å². The number of aliphatic carboxylic acids is 1. The van der Waals surface area contributed by atoms with Gasteiger partial charge in [0.1, 0.15) is 6.04 Å². The molecule has 1 fully saturated rings. The number of carbonyl (C=O) groups excluding carboxylic acids is 2. The molecule has 1 aliphatic rings. The van der Waals surface area contributed by atoms with Crippen molar-refractivity contribution in [3.05, 3.63) is 0 Å². The van der Waals surface area contributed by atoms with Crippen LogP contribution < -0.4 is 10.6 Å². The number of carbonyl (C=O) groups is 3. The summed E-state index contributed by atoms with van der Waals surface area (Å²) in [4.78, 5) is 34.7. The van der Waals surface area contributed by atoms with Gasteiger partial charge in [0.25, 0.3) is 0 Å². The minimum absolute atomic E-state index is 0.0708. The normalized spacial score (nSPS) is 18.6. The summed E-state index contributed by atoms with van der Waals surface area (Å²) in [6.45, 7) is 6.91. The molecule has 1 rings (SSSR count). The van der Waals surface area contributed by atoms with E-state index in [1.54, 1.807) is 27.7 Å². The molecule has 1 atom stereocenters. The van der Waals surface area contributed by atoms with Gasteiger partial charge in [-0.1, -0.05) is 20.8 Å². The molecule has 1 saturated carbocycles. The third-order valence-electron chi connectivity index (χ3n) is 3.61. The van der Waals surface area contributed by atoms with Crippen LogP contribution in [0.2, 0.25) is 0 Å². The zero-order valence-electron chi connectivity index (χ0n) is 12.6. The van der Waals surface area contributed by atoms with Gasteiger partial charge in [-0.05, 0) is 26.2 Å². The van der Waals surface area contributed by atoms with E-state index in [-0.39, 0.29) is 18.2 Å². The molecule has 1 aliphatic carbocycles. The van der Waals surface area contributed by atoms with Gasteiger partial charge in [-0.2, -0.15) is 0 Å². The summed E-state index contributed by atoms with van der Waals surface area (Å²) in [5, 5.41) is 14.3. The lowest BCUT2D eigenvalue weighted by Gasteiger charge is -2.42. The molecule has 6 heteroatoms. The quantitative estimate of drug-likeness (QED) is 0.703. The number of rotatable bonds is 5. The second-order valence-electron chi connectivity index (χ2n) is 6.64. The summed E-state index contributed by atoms with van der Waals surface area (Å²) in [6, 6.07) is -0.673. The molecule has 2 amide bonds. The van der Waals surface area contributed by atoms with Crippen LogP contribution in [0.3, 0.4) is 0 Å². The molecule has 0 aromatic heterocycles. The third-order valence-corrected chi connectivity index (χ3v) is 3.61. The van der Waals surface area contributed by atoms with E-state index in [0.717, 1.165) is 6.42 Å². The maximum absolute atomic E-state index is 12.1. The Hall–Kier alpha value is -1.59. The molecule has 114 valence electrons. The molecular weight excluding hydrogens is 260 g/mol. The maximum atomic E-state index is 12.1. The summed E-state index contributed by atoms with van der Waals surface area (Å²) in [5.41, 5.74) is -1.20. The van der Waals surface area contributed by atoms with E-state index in [1.807, 2.05) is 0 Å². The second kappa shape index (κ2) is 5.81. The van der Waals surface area contributed by atoms with E-state index in [9.17, 15) is 14.4 Å². The fraction of sp³-hybridized carbons (Fsp3) is 0.786. The molecule has 0 aromatic rings. The van der Waals surface area contributed by atoms with E-state index in [0.29, 0.717) is 12.8 Å². The van der Waals surface area contributed by atoms with Gasteiger partial charge in [0.15, 0.2) is 0 Å². The van der Waals surface area contributed by atoms with Gasteiger partial charge in [-0.25, -0.2) is 0 Å².